The Kier molecular flexibility index (Phi) is 41.0. The average Bonchev–Trinajstić information content (AvgIpc) is 3.51. The zero-order chi connectivity index (χ0) is 59.0. The number of amides is 1. The largest absolute Gasteiger partial charge is 0.394 e. The molecule has 3 heterocycles. The van der Waals surface area contributed by atoms with E-state index in [0.29, 0.717) is 12.8 Å². The second-order valence-corrected chi connectivity index (χ2v) is 22.9. The molecule has 3 fully saturated rings. The maximum atomic E-state index is 13.4. The summed E-state index contributed by atoms with van der Waals surface area (Å²) in [4.78, 5) is 13.4. The lowest BCUT2D eigenvalue weighted by Crippen LogP contribution is -2.66. The third kappa shape index (κ3) is 28.8. The van der Waals surface area contributed by atoms with E-state index in [4.69, 9.17) is 28.4 Å². The zero-order valence-corrected chi connectivity index (χ0v) is 49.5. The van der Waals surface area contributed by atoms with Crippen LogP contribution in [-0.2, 0) is 33.2 Å². The normalized spacial score (nSPS) is 30.0. The van der Waals surface area contributed by atoms with Gasteiger partial charge in [0.05, 0.1) is 38.6 Å². The van der Waals surface area contributed by atoms with Crippen LogP contribution in [-0.4, -0.2) is 193 Å². The highest BCUT2D eigenvalue weighted by Crippen LogP contribution is 2.33. The number of hydrogen-bond acceptors (Lipinski definition) is 18. The van der Waals surface area contributed by atoms with E-state index >= 15 is 0 Å². The van der Waals surface area contributed by atoms with Gasteiger partial charge in [0.2, 0.25) is 5.91 Å². The zero-order valence-electron chi connectivity index (χ0n) is 49.5. The van der Waals surface area contributed by atoms with E-state index in [1.165, 1.54) is 103 Å². The highest BCUT2D eigenvalue weighted by molar-refractivity contribution is 5.76. The molecule has 17 unspecified atom stereocenters. The summed E-state index contributed by atoms with van der Waals surface area (Å²) in [5, 5.41) is 120. The molecule has 0 aliphatic carbocycles. The number of rotatable bonds is 47. The summed E-state index contributed by atoms with van der Waals surface area (Å²) < 4.78 is 34.3. The molecule has 17 atom stereocenters. The van der Waals surface area contributed by atoms with E-state index in [2.05, 4.69) is 55.6 Å². The number of allylic oxidation sites excluding steroid dienone is 6. The lowest BCUT2D eigenvalue weighted by Gasteiger charge is -2.48. The molecule has 81 heavy (non-hydrogen) atoms. The van der Waals surface area contributed by atoms with Crippen molar-refractivity contribution in [1.29, 1.82) is 0 Å². The Balaban J connectivity index is 1.48. The van der Waals surface area contributed by atoms with Crippen molar-refractivity contribution in [3.05, 3.63) is 36.5 Å². The van der Waals surface area contributed by atoms with Crippen molar-refractivity contribution < 1.29 is 89.4 Å². The fourth-order valence-electron chi connectivity index (χ4n) is 10.7. The second kappa shape index (κ2) is 45.3. The van der Waals surface area contributed by atoms with E-state index in [1.807, 2.05) is 0 Å². The van der Waals surface area contributed by atoms with Crippen LogP contribution in [0.3, 0.4) is 0 Å². The first-order valence-electron chi connectivity index (χ1n) is 31.7. The molecule has 474 valence electrons. The van der Waals surface area contributed by atoms with Crippen LogP contribution < -0.4 is 5.32 Å². The molecule has 1 amide bonds. The molecule has 0 radical (unpaired) electrons. The Hall–Kier alpha value is -1.99. The van der Waals surface area contributed by atoms with Gasteiger partial charge in [-0.15, -0.1) is 0 Å². The fourth-order valence-corrected chi connectivity index (χ4v) is 10.7. The standard InChI is InChI=1S/C62H113NO18/c1-3-5-7-9-11-13-15-17-19-21-22-24-26-28-30-32-34-36-38-40-50(68)63-45(46(67)39-37-35-33-31-29-27-25-23-20-18-16-14-12-10-8-6-4-2)44-76-60-56(74)53(71)58(48(42-65)78-60)81-62-57(75)54(72)59(49(43-66)79-62)80-61-55(73)52(70)51(69)47(41-64)77-61/h11,13,17,19,22,24,45-49,51-62,64-67,69-75H,3-10,12,14-16,18,20-21,23,25-44H2,1-2H3,(H,63,68)/b13-11-,19-17-,24-22-. The van der Waals surface area contributed by atoms with Crippen LogP contribution in [0.25, 0.3) is 0 Å². The molecule has 19 nitrogen and oxygen atoms in total. The molecule has 0 aromatic rings. The van der Waals surface area contributed by atoms with E-state index in [1.54, 1.807) is 0 Å². The van der Waals surface area contributed by atoms with Gasteiger partial charge >= 0.3 is 0 Å². The Morgan fingerprint density at radius 2 is 0.815 bits per heavy atom. The van der Waals surface area contributed by atoms with Crippen LogP contribution in [0.15, 0.2) is 36.5 Å². The third-order valence-electron chi connectivity index (χ3n) is 16.0. The summed E-state index contributed by atoms with van der Waals surface area (Å²) in [5.74, 6) is -0.255. The van der Waals surface area contributed by atoms with Crippen LogP contribution in [0.2, 0.25) is 0 Å². The van der Waals surface area contributed by atoms with Gasteiger partial charge in [-0.05, 0) is 51.4 Å². The smallest absolute Gasteiger partial charge is 0.220 e. The SMILES string of the molecule is CCCCC/C=C\C/C=C\C/C=C\CCCCCCCCC(=O)NC(COC1OC(CO)C(OC2OC(CO)C(OC3OC(CO)C(O)C(O)C3O)C(O)C2O)C(O)C1O)C(O)CCCCCCCCCCCCCCCCCCC. The van der Waals surface area contributed by atoms with Gasteiger partial charge in [-0.3, -0.25) is 4.79 Å². The number of hydrogen-bond donors (Lipinski definition) is 12. The average molecular weight is 1160 g/mol. The number of carbonyl (C=O) groups is 1. The van der Waals surface area contributed by atoms with Gasteiger partial charge in [-0.2, -0.15) is 0 Å². The Bertz CT molecular complexity index is 1620. The lowest BCUT2D eigenvalue weighted by atomic mass is 9.96. The fraction of sp³-hybridized carbons (Fsp3) is 0.887. The van der Waals surface area contributed by atoms with Crippen LogP contribution in [0.5, 0.6) is 0 Å². The third-order valence-corrected chi connectivity index (χ3v) is 16.0. The Morgan fingerprint density at radius 3 is 1.30 bits per heavy atom. The number of carbonyl (C=O) groups excluding carboxylic acids is 1. The number of ether oxygens (including phenoxy) is 6. The van der Waals surface area contributed by atoms with Crippen molar-refractivity contribution in [2.75, 3.05) is 26.4 Å². The molecule has 19 heteroatoms. The summed E-state index contributed by atoms with van der Waals surface area (Å²) >= 11 is 0. The molecule has 3 saturated heterocycles. The van der Waals surface area contributed by atoms with Gasteiger partial charge in [0.1, 0.15) is 73.2 Å². The molecular formula is C62H113NO18. The van der Waals surface area contributed by atoms with E-state index < -0.39 is 124 Å². The van der Waals surface area contributed by atoms with E-state index in [9.17, 15) is 61.0 Å². The number of aliphatic hydroxyl groups is 11. The first-order chi connectivity index (χ1) is 39.3. The molecular weight excluding hydrogens is 1050 g/mol. The summed E-state index contributed by atoms with van der Waals surface area (Å²) in [6, 6.07) is -0.894. The predicted molar refractivity (Wildman–Crippen MR) is 309 cm³/mol. The van der Waals surface area contributed by atoms with Crippen molar-refractivity contribution in [2.24, 2.45) is 0 Å². The summed E-state index contributed by atoms with van der Waals surface area (Å²) in [6.45, 7) is 1.76. The summed E-state index contributed by atoms with van der Waals surface area (Å²) in [7, 11) is 0. The van der Waals surface area contributed by atoms with Crippen molar-refractivity contribution in [1.82, 2.24) is 5.32 Å². The lowest BCUT2D eigenvalue weighted by molar-refractivity contribution is -0.379. The minimum atomic E-state index is -1.97. The second-order valence-electron chi connectivity index (χ2n) is 22.9. The molecule has 0 aromatic heterocycles. The van der Waals surface area contributed by atoms with Crippen LogP contribution >= 0.6 is 0 Å². The Morgan fingerprint density at radius 1 is 0.444 bits per heavy atom. The van der Waals surface area contributed by atoms with Crippen molar-refractivity contribution in [2.45, 2.75) is 324 Å². The molecule has 3 aliphatic rings. The van der Waals surface area contributed by atoms with Crippen LogP contribution in [0, 0.1) is 0 Å². The Labute approximate surface area is 485 Å². The number of nitrogens with one attached hydrogen (secondary N) is 1. The van der Waals surface area contributed by atoms with E-state index in [0.717, 1.165) is 83.5 Å². The maximum absolute atomic E-state index is 13.4. The molecule has 3 aliphatic heterocycles. The van der Waals surface area contributed by atoms with E-state index in [-0.39, 0.29) is 18.9 Å². The van der Waals surface area contributed by atoms with Crippen molar-refractivity contribution in [3.8, 4) is 0 Å². The monoisotopic (exact) mass is 1160 g/mol. The highest BCUT2D eigenvalue weighted by atomic mass is 16.8. The molecule has 0 saturated carbocycles. The molecule has 3 rings (SSSR count). The van der Waals surface area contributed by atoms with Crippen molar-refractivity contribution >= 4 is 5.91 Å². The summed E-state index contributed by atoms with van der Waals surface area (Å²) in [6.07, 6.45) is 22.1. The predicted octanol–water partition coefficient (Wildman–Crippen LogP) is 6.49. The molecule has 0 bridgehead atoms. The van der Waals surface area contributed by atoms with Crippen LogP contribution in [0.1, 0.15) is 219 Å². The number of unbranched alkanes of at least 4 members (excludes halogenated alkanes) is 25. The van der Waals surface area contributed by atoms with Gasteiger partial charge in [0.25, 0.3) is 0 Å². The van der Waals surface area contributed by atoms with Gasteiger partial charge in [-0.1, -0.05) is 198 Å². The minimum Gasteiger partial charge on any atom is -0.394 e. The molecule has 0 spiro atoms. The van der Waals surface area contributed by atoms with Gasteiger partial charge in [0, 0.05) is 6.42 Å². The minimum absolute atomic E-state index is 0.252. The van der Waals surface area contributed by atoms with Gasteiger partial charge in [-0.25, -0.2) is 0 Å². The highest BCUT2D eigenvalue weighted by Gasteiger charge is 2.53. The first kappa shape index (κ1) is 73.3. The van der Waals surface area contributed by atoms with Gasteiger partial charge < -0.3 is 89.9 Å². The first-order valence-corrected chi connectivity index (χ1v) is 31.7. The maximum Gasteiger partial charge on any atom is 0.220 e. The molecule has 12 N–H and O–H groups in total. The number of aliphatic hydroxyl groups excluding tert-OH is 11. The topological polar surface area (TPSA) is 307 Å². The molecule has 0 aromatic carbocycles. The van der Waals surface area contributed by atoms with Gasteiger partial charge in [0.15, 0.2) is 18.9 Å². The quantitative estimate of drug-likeness (QED) is 0.0229. The summed E-state index contributed by atoms with van der Waals surface area (Å²) in [5.41, 5.74) is 0. The van der Waals surface area contributed by atoms with Crippen molar-refractivity contribution in [3.63, 3.8) is 0 Å². The van der Waals surface area contributed by atoms with Crippen LogP contribution in [0.4, 0.5) is 0 Å².